The second-order valence-corrected chi connectivity index (χ2v) is 8.08. The quantitative estimate of drug-likeness (QED) is 0.168. The molecule has 1 heterocycles. The summed E-state index contributed by atoms with van der Waals surface area (Å²) in [6.07, 6.45) is 1.44. The number of carbonyl (C=O) groups is 1. The molecule has 0 saturated heterocycles. The number of hydrogen-bond donors (Lipinski definition) is 2. The van der Waals surface area contributed by atoms with E-state index in [1.54, 1.807) is 12.1 Å². The number of ether oxygens (including phenoxy) is 1. The van der Waals surface area contributed by atoms with Gasteiger partial charge in [0, 0.05) is 0 Å². The van der Waals surface area contributed by atoms with E-state index in [0.717, 1.165) is 22.8 Å². The highest BCUT2D eigenvalue weighted by molar-refractivity contribution is 7.99. The Morgan fingerprint density at radius 1 is 1.15 bits per heavy atom. The molecule has 4 aromatic rings. The standard InChI is InChI=1S/C25H23N5O3S/c1-2-33-22-13-11-20(12-14-22)30-24(19-8-4-3-5-9-19)28-29-25(30)34-17-23(32)27-26-16-18-7-6-10-21(31)15-18/h3-16H,2,17H2,1H3,(H2,27,31,32). The molecule has 0 saturated carbocycles. The third kappa shape index (κ3) is 5.81. The minimum absolute atomic E-state index is 0.106. The minimum atomic E-state index is -0.290. The Balaban J connectivity index is 1.51. The lowest BCUT2D eigenvalue weighted by atomic mass is 10.2. The fourth-order valence-electron chi connectivity index (χ4n) is 3.22. The first kappa shape index (κ1) is 23.1. The molecule has 0 bridgehead atoms. The van der Waals surface area contributed by atoms with Crippen LogP contribution in [0.25, 0.3) is 17.1 Å². The number of amides is 1. The van der Waals surface area contributed by atoms with Crippen LogP contribution in [0.2, 0.25) is 0 Å². The summed E-state index contributed by atoms with van der Waals surface area (Å²) in [5.41, 5.74) is 4.95. The van der Waals surface area contributed by atoms with Crippen LogP contribution >= 0.6 is 11.8 Å². The van der Waals surface area contributed by atoms with Gasteiger partial charge in [0.05, 0.1) is 29.2 Å². The fourth-order valence-corrected chi connectivity index (χ4v) is 3.98. The smallest absolute Gasteiger partial charge is 0.342 e. The summed E-state index contributed by atoms with van der Waals surface area (Å²) in [4.78, 5) is 12.3. The van der Waals surface area contributed by atoms with Crippen LogP contribution in [0.3, 0.4) is 0 Å². The van der Waals surface area contributed by atoms with Gasteiger partial charge in [0.2, 0.25) is 0 Å². The molecule has 9 heteroatoms. The summed E-state index contributed by atoms with van der Waals surface area (Å²) in [6.45, 7) is 2.53. The average Bonchev–Trinajstić information content (AvgIpc) is 3.28. The second kappa shape index (κ2) is 11.2. The van der Waals surface area contributed by atoms with Gasteiger partial charge in [0.1, 0.15) is 11.4 Å². The van der Waals surface area contributed by atoms with Crippen LogP contribution in [0.4, 0.5) is 0 Å². The molecule has 34 heavy (non-hydrogen) atoms. The molecule has 4 rings (SSSR count). The highest BCUT2D eigenvalue weighted by atomic mass is 32.2. The number of nitrogens with one attached hydrogen (secondary N) is 2. The summed E-state index contributed by atoms with van der Waals surface area (Å²) >= 11 is 1.28. The van der Waals surface area contributed by atoms with E-state index in [1.165, 1.54) is 30.1 Å². The number of thioether (sulfide) groups is 1. The molecular weight excluding hydrogens is 450 g/mol. The van der Waals surface area contributed by atoms with Crippen LogP contribution in [0.5, 0.6) is 11.5 Å². The monoisotopic (exact) mass is 473 g/mol. The summed E-state index contributed by atoms with van der Waals surface area (Å²) in [5.74, 6) is 1.28. The van der Waals surface area contributed by atoms with Crippen molar-refractivity contribution in [2.45, 2.75) is 12.1 Å². The number of rotatable bonds is 9. The van der Waals surface area contributed by atoms with Crippen molar-refractivity contribution in [1.29, 1.82) is 0 Å². The Labute approximate surface area is 201 Å². The molecule has 8 nitrogen and oxygen atoms in total. The van der Waals surface area contributed by atoms with E-state index in [-0.39, 0.29) is 17.4 Å². The zero-order valence-electron chi connectivity index (χ0n) is 18.5. The van der Waals surface area contributed by atoms with Gasteiger partial charge in [-0.1, -0.05) is 42.5 Å². The van der Waals surface area contributed by atoms with E-state index in [1.807, 2.05) is 66.1 Å². The summed E-state index contributed by atoms with van der Waals surface area (Å²) in [7, 11) is 0. The average molecular weight is 474 g/mol. The summed E-state index contributed by atoms with van der Waals surface area (Å²) < 4.78 is 7.52. The van der Waals surface area contributed by atoms with Crippen LogP contribution in [0.15, 0.2) is 89.1 Å². The molecule has 0 aliphatic rings. The van der Waals surface area contributed by atoms with Crippen molar-refractivity contribution in [2.75, 3.05) is 12.4 Å². The van der Waals surface area contributed by atoms with Crippen molar-refractivity contribution < 1.29 is 19.2 Å². The molecule has 0 unspecified atom stereocenters. The molecule has 0 spiro atoms. The van der Waals surface area contributed by atoms with Crippen LogP contribution in [-0.2, 0) is 4.79 Å². The molecule has 0 aliphatic heterocycles. The van der Waals surface area contributed by atoms with E-state index >= 15 is 0 Å². The first-order valence-electron chi connectivity index (χ1n) is 10.6. The lowest BCUT2D eigenvalue weighted by Crippen LogP contribution is -2.34. The second-order valence-electron chi connectivity index (χ2n) is 7.14. The number of nitrogens with zero attached hydrogens (tertiary/aromatic N) is 3. The van der Waals surface area contributed by atoms with Crippen LogP contribution in [0.1, 0.15) is 12.5 Å². The van der Waals surface area contributed by atoms with Crippen LogP contribution < -0.4 is 19.8 Å². The number of H-pyrrole nitrogens is 1. The number of hydrogen-bond acceptors (Lipinski definition) is 6. The highest BCUT2D eigenvalue weighted by Gasteiger charge is 2.24. The molecule has 0 radical (unpaired) electrons. The molecule has 0 aliphatic carbocycles. The van der Waals surface area contributed by atoms with Gasteiger partial charge in [-0.3, -0.25) is 4.79 Å². The van der Waals surface area contributed by atoms with Crippen LogP contribution in [0, 0.1) is 0 Å². The van der Waals surface area contributed by atoms with E-state index < -0.39 is 0 Å². The van der Waals surface area contributed by atoms with Gasteiger partial charge in [-0.25, -0.2) is 5.43 Å². The van der Waals surface area contributed by atoms with Crippen LogP contribution in [-0.4, -0.2) is 34.7 Å². The van der Waals surface area contributed by atoms with Crippen molar-refractivity contribution in [3.05, 3.63) is 84.4 Å². The van der Waals surface area contributed by atoms with Crippen molar-refractivity contribution in [3.8, 4) is 28.6 Å². The van der Waals surface area contributed by atoms with Gasteiger partial charge in [-0.05, 0) is 60.6 Å². The van der Waals surface area contributed by atoms with Gasteiger partial charge in [0.25, 0.3) is 11.7 Å². The third-order valence-corrected chi connectivity index (χ3v) is 5.66. The number of aromatic amines is 1. The third-order valence-electron chi connectivity index (χ3n) is 4.72. The van der Waals surface area contributed by atoms with Crippen molar-refractivity contribution in [2.24, 2.45) is 5.10 Å². The van der Waals surface area contributed by atoms with Gasteiger partial charge >= 0.3 is 5.16 Å². The predicted octanol–water partition coefficient (Wildman–Crippen LogP) is 3.07. The van der Waals surface area contributed by atoms with Crippen molar-refractivity contribution in [1.82, 2.24) is 15.6 Å². The summed E-state index contributed by atoms with van der Waals surface area (Å²) in [6, 6.07) is 23.8. The molecule has 1 amide bonds. The normalized spacial score (nSPS) is 11.0. The van der Waals surface area contributed by atoms with E-state index in [4.69, 9.17) is 4.74 Å². The Bertz CT molecular complexity index is 1270. The largest absolute Gasteiger partial charge is 0.872 e. The van der Waals surface area contributed by atoms with Crippen molar-refractivity contribution >= 4 is 23.9 Å². The van der Waals surface area contributed by atoms with E-state index in [0.29, 0.717) is 17.3 Å². The lowest BCUT2D eigenvalue weighted by molar-refractivity contribution is -0.625. The lowest BCUT2D eigenvalue weighted by Gasteiger charge is -2.06. The minimum Gasteiger partial charge on any atom is -0.872 e. The van der Waals surface area contributed by atoms with Gasteiger partial charge in [-0.15, -0.1) is 10.8 Å². The Hall–Kier alpha value is -4.11. The maximum atomic E-state index is 12.3. The molecular formula is C25H23N5O3S. The Morgan fingerprint density at radius 3 is 2.68 bits per heavy atom. The zero-order chi connectivity index (χ0) is 23.8. The van der Waals surface area contributed by atoms with Gasteiger partial charge in [0.15, 0.2) is 0 Å². The molecule has 2 N–H and O–H groups in total. The van der Waals surface area contributed by atoms with E-state index in [2.05, 4.69) is 20.7 Å². The molecule has 3 aromatic carbocycles. The summed E-state index contributed by atoms with van der Waals surface area (Å²) in [5, 5.41) is 23.5. The number of benzene rings is 3. The predicted molar refractivity (Wildman–Crippen MR) is 129 cm³/mol. The number of carbonyl (C=O) groups excluding carboxylic acids is 1. The maximum absolute atomic E-state index is 12.3. The van der Waals surface area contributed by atoms with Gasteiger partial charge in [-0.2, -0.15) is 9.67 Å². The molecule has 172 valence electrons. The SMILES string of the molecule is CCOc1ccc(-[n+]2c(SCC(=O)NN=Cc3cccc([O-])c3)n[nH]c2-c2ccccc2)cc1. The van der Waals surface area contributed by atoms with Crippen molar-refractivity contribution in [3.63, 3.8) is 0 Å². The molecule has 0 fully saturated rings. The fraction of sp³-hybridized carbons (Fsp3) is 0.120. The topological polar surface area (TPSA) is 106 Å². The van der Waals surface area contributed by atoms with Gasteiger partial charge < -0.3 is 9.84 Å². The number of aromatic nitrogens is 3. The first-order chi connectivity index (χ1) is 16.6. The Kier molecular flexibility index (Phi) is 7.56. The first-order valence-corrected chi connectivity index (χ1v) is 11.6. The van der Waals surface area contributed by atoms with E-state index in [9.17, 15) is 9.90 Å². The number of hydrazone groups is 1. The molecule has 1 aromatic heterocycles. The highest BCUT2D eigenvalue weighted by Crippen LogP contribution is 2.21. The Morgan fingerprint density at radius 2 is 1.94 bits per heavy atom. The zero-order valence-corrected chi connectivity index (χ0v) is 19.3. The maximum Gasteiger partial charge on any atom is 0.342 e. The molecule has 0 atom stereocenters.